The maximum Gasteiger partial charge on any atom is 0.255 e. The van der Waals surface area contributed by atoms with Crippen molar-refractivity contribution in [3.05, 3.63) is 40.2 Å². The third kappa shape index (κ3) is 4.07. The molecule has 0 spiro atoms. The van der Waals surface area contributed by atoms with Crippen molar-refractivity contribution in [2.75, 3.05) is 11.6 Å². The van der Waals surface area contributed by atoms with E-state index in [0.717, 1.165) is 5.56 Å². The van der Waals surface area contributed by atoms with E-state index in [1.54, 1.807) is 18.4 Å². The Balaban J connectivity index is 1.94. The molecule has 1 aromatic carbocycles. The average Bonchev–Trinajstić information content (AvgIpc) is 3.43. The van der Waals surface area contributed by atoms with Gasteiger partial charge in [0.05, 0.1) is 17.5 Å². The van der Waals surface area contributed by atoms with Crippen LogP contribution >= 0.6 is 11.8 Å². The van der Waals surface area contributed by atoms with Gasteiger partial charge >= 0.3 is 0 Å². The maximum absolute atomic E-state index is 12.7. The molecular weight excluding hydrogens is 378 g/mol. The number of aryl methyl sites for hydroxylation is 1. The van der Waals surface area contributed by atoms with Gasteiger partial charge in [-0.25, -0.2) is 4.98 Å². The lowest BCUT2D eigenvalue weighted by atomic mass is 10.1. The molecule has 3 rings (SSSR count). The number of carbonyl (C=O) groups is 2. The first-order valence-electron chi connectivity index (χ1n) is 8.61. The first kappa shape index (κ1) is 19.6. The number of hydrogen-bond acceptors (Lipinski definition) is 6. The summed E-state index contributed by atoms with van der Waals surface area (Å²) in [4.78, 5) is 40.4. The predicted octanol–water partition coefficient (Wildman–Crippen LogP) is 1.68. The first-order chi connectivity index (χ1) is 13.4. The molecule has 2 N–H and O–H groups in total. The summed E-state index contributed by atoms with van der Waals surface area (Å²) < 4.78 is 1.28. The number of nitriles is 1. The molecule has 0 aliphatic heterocycles. The van der Waals surface area contributed by atoms with E-state index in [1.165, 1.54) is 22.4 Å². The van der Waals surface area contributed by atoms with Crippen LogP contribution in [0.2, 0.25) is 0 Å². The summed E-state index contributed by atoms with van der Waals surface area (Å²) in [7, 11) is 0. The molecule has 1 fully saturated rings. The Morgan fingerprint density at radius 1 is 1.43 bits per heavy atom. The lowest BCUT2D eigenvalue weighted by Crippen LogP contribution is -2.40. The molecule has 2 aromatic rings. The van der Waals surface area contributed by atoms with Crippen molar-refractivity contribution in [1.29, 1.82) is 5.26 Å². The maximum atomic E-state index is 12.7. The molecule has 2 amide bonds. The minimum atomic E-state index is -0.787. The Hall–Kier alpha value is -3.12. The Labute approximate surface area is 166 Å². The van der Waals surface area contributed by atoms with Gasteiger partial charge in [-0.2, -0.15) is 5.26 Å². The van der Waals surface area contributed by atoms with Gasteiger partial charge in [0.25, 0.3) is 5.56 Å². The molecule has 1 heterocycles. The molecular formula is C19H19N5O3S. The number of anilines is 1. The van der Waals surface area contributed by atoms with Gasteiger partial charge in [-0.15, -0.1) is 0 Å². The molecule has 28 heavy (non-hydrogen) atoms. The van der Waals surface area contributed by atoms with Gasteiger partial charge in [-0.3, -0.25) is 19.0 Å². The van der Waals surface area contributed by atoms with Crippen LogP contribution in [0, 0.1) is 18.3 Å². The summed E-state index contributed by atoms with van der Waals surface area (Å²) in [6, 6.07) is 8.87. The van der Waals surface area contributed by atoms with E-state index in [9.17, 15) is 14.4 Å². The number of benzene rings is 1. The van der Waals surface area contributed by atoms with E-state index in [4.69, 9.17) is 5.26 Å². The van der Waals surface area contributed by atoms with E-state index in [-0.39, 0.29) is 12.1 Å². The molecule has 0 unspecified atom stereocenters. The molecule has 0 radical (unpaired) electrons. The van der Waals surface area contributed by atoms with E-state index < -0.39 is 11.4 Å². The summed E-state index contributed by atoms with van der Waals surface area (Å²) in [6.07, 6.45) is 3.58. The van der Waals surface area contributed by atoms with Gasteiger partial charge in [-0.05, 0) is 37.7 Å². The minimum Gasteiger partial charge on any atom is -0.336 e. The third-order valence-electron chi connectivity index (χ3n) is 4.47. The van der Waals surface area contributed by atoms with Gasteiger partial charge in [0.2, 0.25) is 12.3 Å². The second-order valence-corrected chi connectivity index (χ2v) is 7.38. The number of nitrogens with one attached hydrogen (secondary N) is 2. The summed E-state index contributed by atoms with van der Waals surface area (Å²) in [5.41, 5.74) is 1.35. The Morgan fingerprint density at radius 2 is 2.18 bits per heavy atom. The quantitative estimate of drug-likeness (QED) is 0.417. The van der Waals surface area contributed by atoms with Crippen LogP contribution < -0.4 is 16.2 Å². The van der Waals surface area contributed by atoms with Crippen molar-refractivity contribution in [3.63, 3.8) is 0 Å². The second kappa shape index (κ2) is 7.86. The van der Waals surface area contributed by atoms with Gasteiger partial charge in [0, 0.05) is 11.6 Å². The van der Waals surface area contributed by atoms with E-state index in [1.807, 2.05) is 13.0 Å². The summed E-state index contributed by atoms with van der Waals surface area (Å²) in [5, 5.41) is 14.8. The van der Waals surface area contributed by atoms with Crippen LogP contribution in [0.15, 0.2) is 34.2 Å². The third-order valence-corrected chi connectivity index (χ3v) is 5.14. The molecule has 1 saturated carbocycles. The molecule has 8 nitrogen and oxygen atoms in total. The van der Waals surface area contributed by atoms with Gasteiger partial charge in [0.15, 0.2) is 5.16 Å². The number of hydrogen-bond donors (Lipinski definition) is 2. The molecule has 0 atom stereocenters. The zero-order chi connectivity index (χ0) is 20.3. The Kier molecular flexibility index (Phi) is 5.51. The van der Waals surface area contributed by atoms with Crippen molar-refractivity contribution < 1.29 is 9.59 Å². The summed E-state index contributed by atoms with van der Waals surface area (Å²) in [5.74, 6) is -0.398. The summed E-state index contributed by atoms with van der Waals surface area (Å²) in [6.45, 7) is 1.68. The van der Waals surface area contributed by atoms with Gasteiger partial charge in [-0.1, -0.05) is 23.9 Å². The highest BCUT2D eigenvalue weighted by atomic mass is 32.2. The first-order valence-corrected chi connectivity index (χ1v) is 9.83. The average molecular weight is 397 g/mol. The normalized spacial score (nSPS) is 14.0. The fourth-order valence-corrected chi connectivity index (χ4v) is 3.39. The highest BCUT2D eigenvalue weighted by Crippen LogP contribution is 2.34. The number of rotatable bonds is 7. The number of amides is 2. The highest BCUT2D eigenvalue weighted by molar-refractivity contribution is 7.98. The fraction of sp³-hybridized carbons (Fsp3) is 0.316. The standard InChI is InChI=1S/C19H19N5O3S/c1-12-3-4-13(14(7-12)21-11-25)15-8-17(27)24(18(22-15)28-2)9-16(26)23-19(10-20)5-6-19/h3-4,7-8,11H,5-6,9H2,1-2H3,(H,21,25)(H,23,26). The summed E-state index contributed by atoms with van der Waals surface area (Å²) >= 11 is 1.24. The van der Waals surface area contributed by atoms with E-state index >= 15 is 0 Å². The van der Waals surface area contributed by atoms with Crippen LogP contribution in [0.4, 0.5) is 5.69 Å². The van der Waals surface area contributed by atoms with Crippen molar-refractivity contribution in [2.24, 2.45) is 0 Å². The number of nitrogens with zero attached hydrogens (tertiary/aromatic N) is 3. The topological polar surface area (TPSA) is 117 Å². The molecule has 0 saturated heterocycles. The number of aromatic nitrogens is 2. The highest BCUT2D eigenvalue weighted by Gasteiger charge is 2.44. The smallest absolute Gasteiger partial charge is 0.255 e. The van der Waals surface area contributed by atoms with Gasteiger partial charge < -0.3 is 10.6 Å². The largest absolute Gasteiger partial charge is 0.336 e. The SMILES string of the molecule is CSc1nc(-c2ccc(C)cc2NC=O)cc(=O)n1CC(=O)NC1(C#N)CC1. The molecule has 144 valence electrons. The predicted molar refractivity (Wildman–Crippen MR) is 106 cm³/mol. The zero-order valence-corrected chi connectivity index (χ0v) is 16.3. The van der Waals surface area contributed by atoms with Crippen LogP contribution in [-0.4, -0.2) is 33.7 Å². The molecule has 1 aliphatic rings. The van der Waals surface area contributed by atoms with Gasteiger partial charge in [0.1, 0.15) is 12.1 Å². The zero-order valence-electron chi connectivity index (χ0n) is 15.5. The van der Waals surface area contributed by atoms with E-state index in [0.29, 0.717) is 41.4 Å². The van der Waals surface area contributed by atoms with Crippen molar-refractivity contribution in [3.8, 4) is 17.3 Å². The van der Waals surface area contributed by atoms with Crippen LogP contribution in [-0.2, 0) is 16.1 Å². The van der Waals surface area contributed by atoms with Crippen LogP contribution in [0.25, 0.3) is 11.3 Å². The Morgan fingerprint density at radius 3 is 2.79 bits per heavy atom. The molecule has 0 bridgehead atoms. The van der Waals surface area contributed by atoms with Crippen LogP contribution in [0.1, 0.15) is 18.4 Å². The number of thioether (sulfide) groups is 1. The fourth-order valence-electron chi connectivity index (χ4n) is 2.83. The van der Waals surface area contributed by atoms with Crippen LogP contribution in [0.5, 0.6) is 0 Å². The second-order valence-electron chi connectivity index (χ2n) is 6.61. The van der Waals surface area contributed by atoms with Crippen LogP contribution in [0.3, 0.4) is 0 Å². The number of carbonyl (C=O) groups excluding carboxylic acids is 2. The molecule has 9 heteroatoms. The van der Waals surface area contributed by atoms with Crippen molar-refractivity contribution >= 4 is 29.8 Å². The van der Waals surface area contributed by atoms with E-state index in [2.05, 4.69) is 21.7 Å². The lowest BCUT2D eigenvalue weighted by Gasteiger charge is -2.15. The lowest BCUT2D eigenvalue weighted by molar-refractivity contribution is -0.122. The van der Waals surface area contributed by atoms with Crippen molar-refractivity contribution in [1.82, 2.24) is 14.9 Å². The van der Waals surface area contributed by atoms with Crippen molar-refractivity contribution in [2.45, 2.75) is 37.0 Å². The molecule has 1 aromatic heterocycles. The Bertz CT molecular complexity index is 1040. The minimum absolute atomic E-state index is 0.209. The monoisotopic (exact) mass is 397 g/mol. The molecule has 1 aliphatic carbocycles.